The van der Waals surface area contributed by atoms with E-state index in [2.05, 4.69) is 17.1 Å². The molecule has 2 N–H and O–H groups in total. The molecular formula is C32H34FN3O4. The molecule has 208 valence electrons. The van der Waals surface area contributed by atoms with Crippen molar-refractivity contribution in [1.82, 2.24) is 15.1 Å². The first-order valence-corrected chi connectivity index (χ1v) is 13.7. The van der Waals surface area contributed by atoms with Crippen molar-refractivity contribution in [1.29, 1.82) is 0 Å². The number of carbonyl (C=O) groups is 1. The van der Waals surface area contributed by atoms with Gasteiger partial charge in [-0.25, -0.2) is 4.39 Å². The van der Waals surface area contributed by atoms with Crippen molar-refractivity contribution in [2.75, 3.05) is 13.2 Å². The number of benzene rings is 3. The molecule has 1 amide bonds. The van der Waals surface area contributed by atoms with Gasteiger partial charge in [0, 0.05) is 17.7 Å². The smallest absolute Gasteiger partial charge is 0.273 e. The molecule has 7 nitrogen and oxygen atoms in total. The van der Waals surface area contributed by atoms with Crippen molar-refractivity contribution in [2.24, 2.45) is 0 Å². The first kappa shape index (κ1) is 27.2. The summed E-state index contributed by atoms with van der Waals surface area (Å²) in [5.74, 6) is 0.777. The summed E-state index contributed by atoms with van der Waals surface area (Å²) in [5.41, 5.74) is 5.52. The minimum Gasteiger partial charge on any atom is -0.507 e. The third-order valence-electron chi connectivity index (χ3n) is 7.16. The molecule has 2 heterocycles. The van der Waals surface area contributed by atoms with E-state index in [9.17, 15) is 14.3 Å². The third kappa shape index (κ3) is 5.13. The van der Waals surface area contributed by atoms with Gasteiger partial charge < -0.3 is 19.5 Å². The molecule has 1 aromatic heterocycles. The van der Waals surface area contributed by atoms with Gasteiger partial charge in [0.25, 0.3) is 5.91 Å². The van der Waals surface area contributed by atoms with Crippen LogP contribution in [-0.2, 0) is 6.54 Å². The number of aromatic nitrogens is 2. The van der Waals surface area contributed by atoms with E-state index < -0.39 is 6.04 Å². The minimum absolute atomic E-state index is 0.102. The molecule has 8 heteroatoms. The Morgan fingerprint density at radius 1 is 1.02 bits per heavy atom. The van der Waals surface area contributed by atoms with E-state index >= 15 is 0 Å². The summed E-state index contributed by atoms with van der Waals surface area (Å²) in [6.45, 7) is 9.14. The van der Waals surface area contributed by atoms with Gasteiger partial charge in [-0.15, -0.1) is 0 Å². The number of carbonyl (C=O) groups excluding carboxylic acids is 1. The summed E-state index contributed by atoms with van der Waals surface area (Å²) in [6.07, 6.45) is 1.94. The number of nitrogens with zero attached hydrogens (tertiary/aromatic N) is 2. The van der Waals surface area contributed by atoms with Gasteiger partial charge in [-0.2, -0.15) is 5.10 Å². The molecule has 1 aliphatic heterocycles. The number of hydrogen-bond donors (Lipinski definition) is 2. The lowest BCUT2D eigenvalue weighted by atomic mass is 9.93. The number of unbranched alkanes of at least 4 members (excludes halogenated alkanes) is 1. The van der Waals surface area contributed by atoms with E-state index in [4.69, 9.17) is 9.47 Å². The maximum atomic E-state index is 13.8. The number of ether oxygens (including phenoxy) is 2. The van der Waals surface area contributed by atoms with E-state index in [1.165, 1.54) is 12.1 Å². The highest BCUT2D eigenvalue weighted by molar-refractivity contribution is 6.00. The summed E-state index contributed by atoms with van der Waals surface area (Å²) >= 11 is 0. The standard InChI is InChI=1S/C32H34FN3O4/c1-5-7-14-40-25-13-10-22(17-26(25)39-6-2)31-28-29(27-20(4)15-19(3)16-24(27)37)34-35-30(28)32(38)36(31)18-21-8-11-23(33)12-9-21/h8-13,15-17,31,37H,5-7,14,18H2,1-4H3,(H,34,35). The molecular weight excluding hydrogens is 509 g/mol. The van der Waals surface area contributed by atoms with Gasteiger partial charge in [0.1, 0.15) is 23.0 Å². The lowest BCUT2D eigenvalue weighted by Gasteiger charge is -2.27. The zero-order valence-corrected chi connectivity index (χ0v) is 23.3. The molecule has 40 heavy (non-hydrogen) atoms. The number of aromatic hydroxyl groups is 1. The molecule has 0 saturated heterocycles. The number of aromatic amines is 1. The van der Waals surface area contributed by atoms with Crippen molar-refractivity contribution in [2.45, 2.75) is 53.1 Å². The summed E-state index contributed by atoms with van der Waals surface area (Å²) in [4.78, 5) is 15.6. The SMILES string of the molecule is CCCCOc1ccc(C2c3c(-c4c(C)cc(C)cc4O)n[nH]c3C(=O)N2Cc2ccc(F)cc2)cc1OCC. The van der Waals surface area contributed by atoms with Crippen LogP contribution in [0.15, 0.2) is 54.6 Å². The Labute approximate surface area is 233 Å². The summed E-state index contributed by atoms with van der Waals surface area (Å²) in [6, 6.07) is 15.0. The number of fused-ring (bicyclic) bond motifs is 1. The highest BCUT2D eigenvalue weighted by Crippen LogP contribution is 2.47. The number of H-pyrrole nitrogens is 1. The number of hydrogen-bond acceptors (Lipinski definition) is 5. The topological polar surface area (TPSA) is 87.7 Å². The van der Waals surface area contributed by atoms with Crippen LogP contribution in [0.5, 0.6) is 17.2 Å². The average Bonchev–Trinajstić information content (AvgIpc) is 3.45. The number of phenols is 1. The number of aryl methyl sites for hydroxylation is 2. The zero-order chi connectivity index (χ0) is 28.4. The Kier molecular flexibility index (Phi) is 7.78. The fourth-order valence-corrected chi connectivity index (χ4v) is 5.35. The first-order chi connectivity index (χ1) is 19.3. The lowest BCUT2D eigenvalue weighted by molar-refractivity contribution is 0.0729. The molecule has 3 aromatic carbocycles. The number of nitrogens with one attached hydrogen (secondary N) is 1. The van der Waals surface area contributed by atoms with E-state index in [-0.39, 0.29) is 24.0 Å². The van der Waals surface area contributed by atoms with Gasteiger partial charge in [0.2, 0.25) is 0 Å². The Morgan fingerprint density at radius 3 is 2.50 bits per heavy atom. The molecule has 1 atom stereocenters. The van der Waals surface area contributed by atoms with Gasteiger partial charge in [-0.1, -0.05) is 37.6 Å². The molecule has 0 aliphatic carbocycles. The van der Waals surface area contributed by atoms with Crippen LogP contribution in [0, 0.1) is 19.7 Å². The maximum absolute atomic E-state index is 13.8. The molecule has 5 rings (SSSR count). The highest BCUT2D eigenvalue weighted by atomic mass is 19.1. The average molecular weight is 544 g/mol. The van der Waals surface area contributed by atoms with Crippen molar-refractivity contribution < 1.29 is 23.8 Å². The Balaban J connectivity index is 1.65. The Morgan fingerprint density at radius 2 is 1.80 bits per heavy atom. The summed E-state index contributed by atoms with van der Waals surface area (Å²) in [5, 5.41) is 18.4. The predicted molar refractivity (Wildman–Crippen MR) is 151 cm³/mol. The second-order valence-electron chi connectivity index (χ2n) is 10.1. The van der Waals surface area contributed by atoms with Gasteiger partial charge in [0.05, 0.1) is 19.3 Å². The zero-order valence-electron chi connectivity index (χ0n) is 23.3. The van der Waals surface area contributed by atoms with Crippen molar-refractivity contribution in [3.8, 4) is 28.5 Å². The fraction of sp³-hybridized carbons (Fsp3) is 0.312. The van der Waals surface area contributed by atoms with Crippen LogP contribution in [0.4, 0.5) is 4.39 Å². The van der Waals surface area contributed by atoms with Crippen LogP contribution in [0.1, 0.15) is 71.0 Å². The highest BCUT2D eigenvalue weighted by Gasteiger charge is 2.43. The summed E-state index contributed by atoms with van der Waals surface area (Å²) in [7, 11) is 0. The van der Waals surface area contributed by atoms with E-state index in [1.54, 1.807) is 23.1 Å². The van der Waals surface area contributed by atoms with E-state index in [0.717, 1.165) is 35.1 Å². The van der Waals surface area contributed by atoms with Gasteiger partial charge in [0.15, 0.2) is 11.5 Å². The number of amides is 1. The maximum Gasteiger partial charge on any atom is 0.273 e. The van der Waals surface area contributed by atoms with Crippen LogP contribution in [0.3, 0.4) is 0 Å². The van der Waals surface area contributed by atoms with Gasteiger partial charge in [-0.05, 0) is 79.8 Å². The minimum atomic E-state index is -0.537. The second-order valence-corrected chi connectivity index (χ2v) is 10.1. The molecule has 1 unspecified atom stereocenters. The van der Waals surface area contributed by atoms with Crippen molar-refractivity contribution in [3.63, 3.8) is 0 Å². The van der Waals surface area contributed by atoms with Crippen LogP contribution < -0.4 is 9.47 Å². The monoisotopic (exact) mass is 543 g/mol. The second kappa shape index (κ2) is 11.4. The quantitative estimate of drug-likeness (QED) is 0.213. The third-order valence-corrected chi connectivity index (χ3v) is 7.16. The Bertz CT molecular complexity index is 1510. The molecule has 4 aromatic rings. The van der Waals surface area contributed by atoms with Gasteiger partial charge in [-0.3, -0.25) is 9.89 Å². The number of phenolic OH excluding ortho intramolecular Hbond substituents is 1. The normalized spacial score (nSPS) is 14.5. The van der Waals surface area contributed by atoms with Crippen LogP contribution >= 0.6 is 0 Å². The largest absolute Gasteiger partial charge is 0.507 e. The number of halogens is 1. The van der Waals surface area contributed by atoms with Gasteiger partial charge >= 0.3 is 0 Å². The molecule has 1 aliphatic rings. The van der Waals surface area contributed by atoms with Crippen molar-refractivity contribution in [3.05, 3.63) is 93.9 Å². The summed E-state index contributed by atoms with van der Waals surface area (Å²) < 4.78 is 25.6. The first-order valence-electron chi connectivity index (χ1n) is 13.7. The van der Waals surface area contributed by atoms with Crippen molar-refractivity contribution >= 4 is 5.91 Å². The molecule has 0 fully saturated rings. The van der Waals surface area contributed by atoms with E-state index in [1.807, 2.05) is 45.0 Å². The van der Waals surface area contributed by atoms with Crippen LogP contribution in [0.2, 0.25) is 0 Å². The van der Waals surface area contributed by atoms with E-state index in [0.29, 0.717) is 47.2 Å². The fourth-order valence-electron chi connectivity index (χ4n) is 5.35. The Hall–Kier alpha value is -4.33. The van der Waals surface area contributed by atoms with Crippen LogP contribution in [-0.4, -0.2) is 39.3 Å². The molecule has 0 radical (unpaired) electrons. The molecule has 0 bridgehead atoms. The molecule has 0 spiro atoms. The van der Waals surface area contributed by atoms with Crippen LogP contribution in [0.25, 0.3) is 11.3 Å². The lowest BCUT2D eigenvalue weighted by Crippen LogP contribution is -2.29. The number of rotatable bonds is 10. The molecule has 0 saturated carbocycles. The predicted octanol–water partition coefficient (Wildman–Crippen LogP) is 6.86.